The average molecular weight is 194 g/mol. The lowest BCUT2D eigenvalue weighted by atomic mass is 10.1. The van der Waals surface area contributed by atoms with Gasteiger partial charge in [-0.25, -0.2) is 0 Å². The Morgan fingerprint density at radius 3 is 1.29 bits per heavy atom. The molecule has 0 radical (unpaired) electrons. The fourth-order valence-electron chi connectivity index (χ4n) is 1.00. The zero-order valence-corrected chi connectivity index (χ0v) is 9.36. The first kappa shape index (κ1) is 11.0. The zero-order valence-electron chi connectivity index (χ0n) is 9.36. The molecular weight excluding hydrogens is 176 g/mol. The fourth-order valence-corrected chi connectivity index (χ4v) is 1.00. The smallest absolute Gasteiger partial charge is 0.131 e. The maximum Gasteiger partial charge on any atom is 0.176 e. The lowest BCUT2D eigenvalue weighted by Crippen LogP contribution is -2.09. The van der Waals surface area contributed by atoms with Crippen molar-refractivity contribution in [2.45, 2.75) is 52.4 Å². The van der Waals surface area contributed by atoms with Crippen LogP contribution >= 0.6 is 0 Å². The summed E-state index contributed by atoms with van der Waals surface area (Å²) in [6.45, 7) is 8.39. The third-order valence-electron chi connectivity index (χ3n) is 2.62. The minimum atomic E-state index is 0.348. The minimum Gasteiger partial charge on any atom is -0.131 e. The van der Waals surface area contributed by atoms with E-state index in [9.17, 15) is 0 Å². The predicted molar refractivity (Wildman–Crippen MR) is 55.0 cm³/mol. The van der Waals surface area contributed by atoms with E-state index in [2.05, 4.69) is 48.1 Å². The van der Waals surface area contributed by atoms with Crippen molar-refractivity contribution in [3.63, 3.8) is 0 Å². The Balaban J connectivity index is 2.78. The summed E-state index contributed by atoms with van der Waals surface area (Å²) in [5.41, 5.74) is 0. The van der Waals surface area contributed by atoms with Gasteiger partial charge in [0.05, 0.1) is 0 Å². The molecule has 0 aromatic carbocycles. The molecule has 0 spiro atoms. The van der Waals surface area contributed by atoms with E-state index in [0.717, 1.165) is 24.5 Å². The summed E-state index contributed by atoms with van der Waals surface area (Å²) in [7, 11) is 0. The quantitative estimate of drug-likeness (QED) is 0.738. The highest BCUT2D eigenvalue weighted by molar-refractivity contribution is 4.92. The molecule has 0 amide bonds. The van der Waals surface area contributed by atoms with E-state index in [-0.39, 0.29) is 0 Å². The minimum absolute atomic E-state index is 0.348. The van der Waals surface area contributed by atoms with E-state index >= 15 is 0 Å². The van der Waals surface area contributed by atoms with Crippen LogP contribution in [0.5, 0.6) is 0 Å². The van der Waals surface area contributed by atoms with E-state index < -0.39 is 0 Å². The van der Waals surface area contributed by atoms with Gasteiger partial charge in [-0.1, -0.05) is 27.7 Å². The van der Waals surface area contributed by atoms with Crippen LogP contribution in [0.3, 0.4) is 0 Å². The van der Waals surface area contributed by atoms with E-state index in [4.69, 9.17) is 0 Å². The largest absolute Gasteiger partial charge is 0.176 e. The van der Waals surface area contributed by atoms with Crippen LogP contribution in [-0.4, -0.2) is 20.4 Å². The molecule has 0 aliphatic carbocycles. The van der Waals surface area contributed by atoms with Gasteiger partial charge < -0.3 is 0 Å². The molecule has 2 atom stereocenters. The third-order valence-corrected chi connectivity index (χ3v) is 2.62. The van der Waals surface area contributed by atoms with Gasteiger partial charge in [0.1, 0.15) is 0 Å². The zero-order chi connectivity index (χ0) is 10.6. The molecule has 0 fully saturated rings. The van der Waals surface area contributed by atoms with Crippen LogP contribution in [-0.2, 0) is 0 Å². The first-order chi connectivity index (χ1) is 6.69. The van der Waals surface area contributed by atoms with Crippen molar-refractivity contribution < 1.29 is 0 Å². The van der Waals surface area contributed by atoms with Crippen molar-refractivity contribution in [3.05, 3.63) is 11.6 Å². The van der Waals surface area contributed by atoms with Gasteiger partial charge in [-0.2, -0.15) is 0 Å². The Labute approximate surface area is 85.2 Å². The molecule has 14 heavy (non-hydrogen) atoms. The molecule has 1 aromatic rings. The van der Waals surface area contributed by atoms with Gasteiger partial charge in [0.25, 0.3) is 0 Å². The molecule has 0 aliphatic heterocycles. The fraction of sp³-hybridized carbons (Fsp3) is 0.800. The summed E-state index contributed by atoms with van der Waals surface area (Å²) in [5.74, 6) is 2.20. The Kier molecular flexibility index (Phi) is 3.92. The summed E-state index contributed by atoms with van der Waals surface area (Å²) >= 11 is 0. The van der Waals surface area contributed by atoms with Crippen molar-refractivity contribution in [3.8, 4) is 0 Å². The Morgan fingerprint density at radius 2 is 1.07 bits per heavy atom. The molecule has 1 aromatic heterocycles. The highest BCUT2D eigenvalue weighted by atomic mass is 15.3. The van der Waals surface area contributed by atoms with Gasteiger partial charge in [-0.3, -0.25) is 0 Å². The van der Waals surface area contributed by atoms with Crippen molar-refractivity contribution in [1.82, 2.24) is 20.4 Å². The Hall–Kier alpha value is -1.06. The van der Waals surface area contributed by atoms with E-state index in [0.29, 0.717) is 11.8 Å². The molecule has 0 bridgehead atoms. The lowest BCUT2D eigenvalue weighted by molar-refractivity contribution is 0.577. The Morgan fingerprint density at radius 1 is 0.786 bits per heavy atom. The topological polar surface area (TPSA) is 51.6 Å². The van der Waals surface area contributed by atoms with Crippen LogP contribution in [0.2, 0.25) is 0 Å². The normalized spacial score (nSPS) is 15.1. The molecular formula is C10H18N4. The molecule has 78 valence electrons. The summed E-state index contributed by atoms with van der Waals surface area (Å²) in [5, 5.41) is 16.4. The van der Waals surface area contributed by atoms with Crippen LogP contribution in [0.1, 0.15) is 64.0 Å². The van der Waals surface area contributed by atoms with Crippen LogP contribution < -0.4 is 0 Å². The number of rotatable bonds is 4. The van der Waals surface area contributed by atoms with Crippen molar-refractivity contribution >= 4 is 0 Å². The molecule has 4 heteroatoms. The second-order valence-corrected chi connectivity index (χ2v) is 3.73. The summed E-state index contributed by atoms with van der Waals surface area (Å²) in [6, 6.07) is 0. The summed E-state index contributed by atoms with van der Waals surface area (Å²) in [4.78, 5) is 0. The molecule has 0 saturated carbocycles. The van der Waals surface area contributed by atoms with Gasteiger partial charge in [0, 0.05) is 11.8 Å². The van der Waals surface area contributed by atoms with Crippen LogP contribution in [0, 0.1) is 0 Å². The molecule has 2 unspecified atom stereocenters. The standard InChI is InChI=1S/C10H18N4/c1-5-7(3)9-11-13-10(14-12-9)8(4)6-2/h7-8H,5-6H2,1-4H3. The molecule has 0 aliphatic rings. The first-order valence-electron chi connectivity index (χ1n) is 5.26. The summed E-state index contributed by atoms with van der Waals surface area (Å²) < 4.78 is 0. The van der Waals surface area contributed by atoms with Crippen molar-refractivity contribution in [2.75, 3.05) is 0 Å². The predicted octanol–water partition coefficient (Wildman–Crippen LogP) is 2.29. The molecule has 1 rings (SSSR count). The average Bonchev–Trinajstić information content (AvgIpc) is 2.27. The van der Waals surface area contributed by atoms with Gasteiger partial charge in [0.2, 0.25) is 0 Å². The second-order valence-electron chi connectivity index (χ2n) is 3.73. The molecule has 4 nitrogen and oxygen atoms in total. The first-order valence-corrected chi connectivity index (χ1v) is 5.26. The molecule has 0 saturated heterocycles. The third kappa shape index (κ3) is 2.47. The van der Waals surface area contributed by atoms with E-state index in [1.54, 1.807) is 0 Å². The second kappa shape index (κ2) is 4.98. The van der Waals surface area contributed by atoms with E-state index in [1.165, 1.54) is 0 Å². The van der Waals surface area contributed by atoms with Gasteiger partial charge in [0.15, 0.2) is 11.6 Å². The van der Waals surface area contributed by atoms with Crippen LogP contribution in [0.15, 0.2) is 0 Å². The number of aromatic nitrogens is 4. The van der Waals surface area contributed by atoms with Gasteiger partial charge in [-0.05, 0) is 12.8 Å². The van der Waals surface area contributed by atoms with Gasteiger partial charge in [-0.15, -0.1) is 20.4 Å². The lowest BCUT2D eigenvalue weighted by Gasteiger charge is -2.07. The highest BCUT2D eigenvalue weighted by Gasteiger charge is 2.11. The van der Waals surface area contributed by atoms with Crippen molar-refractivity contribution in [2.24, 2.45) is 0 Å². The monoisotopic (exact) mass is 194 g/mol. The Bertz CT molecular complexity index is 241. The maximum absolute atomic E-state index is 4.09. The van der Waals surface area contributed by atoms with Crippen molar-refractivity contribution in [1.29, 1.82) is 0 Å². The molecule has 1 heterocycles. The number of nitrogens with zero attached hydrogens (tertiary/aromatic N) is 4. The molecule has 0 N–H and O–H groups in total. The summed E-state index contributed by atoms with van der Waals surface area (Å²) in [6.07, 6.45) is 2.04. The van der Waals surface area contributed by atoms with Gasteiger partial charge >= 0.3 is 0 Å². The number of hydrogen-bond donors (Lipinski definition) is 0. The number of hydrogen-bond acceptors (Lipinski definition) is 4. The van der Waals surface area contributed by atoms with Crippen LogP contribution in [0.25, 0.3) is 0 Å². The highest BCUT2D eigenvalue weighted by Crippen LogP contribution is 2.14. The SMILES string of the molecule is CCC(C)c1nnc(C(C)CC)nn1. The van der Waals surface area contributed by atoms with E-state index in [1.807, 2.05) is 0 Å². The maximum atomic E-state index is 4.09. The van der Waals surface area contributed by atoms with Crippen LogP contribution in [0.4, 0.5) is 0 Å².